The molecular formula is C22H27ClFN3O. The van der Waals surface area contributed by atoms with Crippen LogP contribution in [0.15, 0.2) is 48.5 Å². The van der Waals surface area contributed by atoms with Gasteiger partial charge in [-0.3, -0.25) is 9.69 Å². The smallest absolute Gasteiger partial charge is 0.223 e. The molecule has 1 fully saturated rings. The fourth-order valence-corrected chi connectivity index (χ4v) is 3.71. The van der Waals surface area contributed by atoms with Gasteiger partial charge in [0.05, 0.1) is 0 Å². The van der Waals surface area contributed by atoms with E-state index < -0.39 is 0 Å². The number of hydrogen-bond acceptors (Lipinski definition) is 3. The highest BCUT2D eigenvalue weighted by atomic mass is 35.5. The number of para-hydroxylation sites is 1. The van der Waals surface area contributed by atoms with Crippen LogP contribution in [-0.4, -0.2) is 44.0 Å². The van der Waals surface area contributed by atoms with Gasteiger partial charge in [-0.1, -0.05) is 35.9 Å². The highest BCUT2D eigenvalue weighted by molar-refractivity contribution is 6.30. The summed E-state index contributed by atoms with van der Waals surface area (Å²) in [5.74, 6) is -0.109. The molecular weight excluding hydrogens is 377 g/mol. The Balaban J connectivity index is 1.39. The summed E-state index contributed by atoms with van der Waals surface area (Å²) in [4.78, 5) is 16.8. The zero-order valence-corrected chi connectivity index (χ0v) is 17.0. The third-order valence-electron chi connectivity index (χ3n) is 5.31. The lowest BCUT2D eigenvalue weighted by atomic mass is 9.95. The van der Waals surface area contributed by atoms with Crippen molar-refractivity contribution in [3.8, 4) is 0 Å². The summed E-state index contributed by atoms with van der Waals surface area (Å²) in [6.07, 6.45) is 1.60. The highest BCUT2D eigenvalue weighted by Gasteiger charge is 2.25. The zero-order valence-electron chi connectivity index (χ0n) is 16.2. The van der Waals surface area contributed by atoms with Gasteiger partial charge in [-0.25, -0.2) is 4.39 Å². The van der Waals surface area contributed by atoms with Crippen LogP contribution < -0.4 is 10.2 Å². The molecule has 1 N–H and O–H groups in total. The normalized spacial score (nSPS) is 15.4. The Morgan fingerprint density at radius 2 is 1.93 bits per heavy atom. The first-order chi connectivity index (χ1) is 13.5. The number of carbonyl (C=O) groups is 1. The molecule has 28 heavy (non-hydrogen) atoms. The highest BCUT2D eigenvalue weighted by Crippen LogP contribution is 2.21. The first kappa shape index (κ1) is 20.6. The summed E-state index contributed by atoms with van der Waals surface area (Å²) < 4.78 is 14.0. The maximum absolute atomic E-state index is 14.0. The van der Waals surface area contributed by atoms with Crippen LogP contribution in [0.25, 0.3) is 0 Å². The average Bonchev–Trinajstić information content (AvgIpc) is 2.71. The van der Waals surface area contributed by atoms with Gasteiger partial charge in [-0.05, 0) is 50.2 Å². The molecule has 0 aromatic heterocycles. The Labute approximate surface area is 171 Å². The van der Waals surface area contributed by atoms with Crippen molar-refractivity contribution >= 4 is 23.2 Å². The summed E-state index contributed by atoms with van der Waals surface area (Å²) in [6, 6.07) is 14.9. The Bertz CT molecular complexity index is 779. The van der Waals surface area contributed by atoms with E-state index in [0.717, 1.165) is 38.2 Å². The largest absolute Gasteiger partial charge is 0.373 e. The van der Waals surface area contributed by atoms with Crippen molar-refractivity contribution in [2.24, 2.45) is 5.92 Å². The summed E-state index contributed by atoms with van der Waals surface area (Å²) in [5, 5.41) is 3.47. The van der Waals surface area contributed by atoms with E-state index in [1.807, 2.05) is 25.2 Å². The first-order valence-electron chi connectivity index (χ1n) is 9.73. The van der Waals surface area contributed by atoms with E-state index in [4.69, 9.17) is 11.6 Å². The van der Waals surface area contributed by atoms with Gasteiger partial charge in [-0.2, -0.15) is 0 Å². The van der Waals surface area contributed by atoms with Crippen molar-refractivity contribution in [2.45, 2.75) is 19.4 Å². The molecule has 4 nitrogen and oxygen atoms in total. The lowest BCUT2D eigenvalue weighted by Crippen LogP contribution is -2.42. The van der Waals surface area contributed by atoms with Gasteiger partial charge in [-0.15, -0.1) is 0 Å². The van der Waals surface area contributed by atoms with E-state index in [9.17, 15) is 9.18 Å². The van der Waals surface area contributed by atoms with Gasteiger partial charge in [0.1, 0.15) is 5.82 Å². The maximum atomic E-state index is 14.0. The topological polar surface area (TPSA) is 35.6 Å². The van der Waals surface area contributed by atoms with Crippen molar-refractivity contribution in [3.05, 3.63) is 64.9 Å². The van der Waals surface area contributed by atoms with Crippen LogP contribution >= 0.6 is 11.6 Å². The molecule has 2 aromatic carbocycles. The number of nitrogens with zero attached hydrogens (tertiary/aromatic N) is 2. The second-order valence-corrected chi connectivity index (χ2v) is 7.77. The summed E-state index contributed by atoms with van der Waals surface area (Å²) in [5.41, 5.74) is 1.79. The summed E-state index contributed by atoms with van der Waals surface area (Å²) in [7, 11) is 2.02. The molecule has 0 saturated carbocycles. The van der Waals surface area contributed by atoms with Crippen LogP contribution in [0, 0.1) is 11.7 Å². The number of halogens is 2. The molecule has 1 saturated heterocycles. The number of amides is 1. The number of likely N-dealkylation sites (N-methyl/N-ethyl adjacent to an activating group) is 1. The quantitative estimate of drug-likeness (QED) is 0.760. The standard InChI is InChI=1S/C22H27ClFN3O/c1-26(20-5-3-2-4-6-20)14-11-25-22(28)17-9-12-27(13-10-17)16-18-7-8-19(23)15-21(18)24/h2-8,15,17H,9-14,16H2,1H3,(H,25,28). The minimum absolute atomic E-state index is 0.0355. The number of hydrogen-bond donors (Lipinski definition) is 1. The van der Waals surface area contributed by atoms with Gasteiger partial charge < -0.3 is 10.2 Å². The first-order valence-corrected chi connectivity index (χ1v) is 10.1. The Morgan fingerprint density at radius 3 is 2.61 bits per heavy atom. The molecule has 1 aliphatic heterocycles. The number of likely N-dealkylation sites (tertiary alicyclic amines) is 1. The van der Waals surface area contributed by atoms with Crippen molar-refractivity contribution in [2.75, 3.05) is 38.1 Å². The van der Waals surface area contributed by atoms with E-state index in [2.05, 4.69) is 27.2 Å². The van der Waals surface area contributed by atoms with Gasteiger partial charge in [0, 0.05) is 48.9 Å². The zero-order chi connectivity index (χ0) is 19.9. The van der Waals surface area contributed by atoms with Crippen LogP contribution in [0.4, 0.5) is 10.1 Å². The molecule has 0 aliphatic carbocycles. The minimum Gasteiger partial charge on any atom is -0.373 e. The number of nitrogens with one attached hydrogen (secondary N) is 1. The predicted molar refractivity (Wildman–Crippen MR) is 112 cm³/mol. The molecule has 1 aliphatic rings. The number of rotatable bonds is 7. The number of anilines is 1. The Morgan fingerprint density at radius 1 is 1.21 bits per heavy atom. The van der Waals surface area contributed by atoms with Crippen LogP contribution in [0.2, 0.25) is 5.02 Å². The average molecular weight is 404 g/mol. The Hall–Kier alpha value is -2.11. The van der Waals surface area contributed by atoms with Crippen molar-refractivity contribution in [3.63, 3.8) is 0 Å². The summed E-state index contributed by atoms with van der Waals surface area (Å²) >= 11 is 5.81. The summed E-state index contributed by atoms with van der Waals surface area (Å²) in [6.45, 7) is 3.54. The van der Waals surface area contributed by atoms with Crippen molar-refractivity contribution in [1.29, 1.82) is 0 Å². The number of carbonyl (C=O) groups excluding carboxylic acids is 1. The third-order valence-corrected chi connectivity index (χ3v) is 5.55. The molecule has 2 aromatic rings. The van der Waals surface area contributed by atoms with Crippen molar-refractivity contribution < 1.29 is 9.18 Å². The molecule has 6 heteroatoms. The van der Waals surface area contributed by atoms with E-state index in [1.54, 1.807) is 12.1 Å². The molecule has 3 rings (SSSR count). The fraction of sp³-hybridized carbons (Fsp3) is 0.409. The van der Waals surface area contributed by atoms with Gasteiger partial charge >= 0.3 is 0 Å². The predicted octanol–water partition coefficient (Wildman–Crippen LogP) is 3.94. The molecule has 1 amide bonds. The second-order valence-electron chi connectivity index (χ2n) is 7.33. The lowest BCUT2D eigenvalue weighted by molar-refractivity contribution is -0.126. The molecule has 1 heterocycles. The molecule has 0 atom stereocenters. The molecule has 0 unspecified atom stereocenters. The fourth-order valence-electron chi connectivity index (χ4n) is 3.55. The molecule has 0 radical (unpaired) electrons. The van der Waals surface area contributed by atoms with Crippen LogP contribution in [-0.2, 0) is 11.3 Å². The van der Waals surface area contributed by atoms with Gasteiger partial charge in [0.25, 0.3) is 0 Å². The number of piperidine rings is 1. The van der Waals surface area contributed by atoms with E-state index in [1.165, 1.54) is 6.07 Å². The van der Waals surface area contributed by atoms with Gasteiger partial charge in [0.2, 0.25) is 5.91 Å². The molecule has 0 bridgehead atoms. The van der Waals surface area contributed by atoms with E-state index in [0.29, 0.717) is 23.7 Å². The van der Waals surface area contributed by atoms with Gasteiger partial charge in [0.15, 0.2) is 0 Å². The van der Waals surface area contributed by atoms with Crippen molar-refractivity contribution in [1.82, 2.24) is 10.2 Å². The third kappa shape index (κ3) is 5.69. The van der Waals surface area contributed by atoms with Crippen LogP contribution in [0.5, 0.6) is 0 Å². The second kappa shape index (κ2) is 9.89. The van der Waals surface area contributed by atoms with Crippen LogP contribution in [0.3, 0.4) is 0 Å². The minimum atomic E-state index is -0.269. The van der Waals surface area contributed by atoms with E-state index in [-0.39, 0.29) is 17.6 Å². The molecule has 0 spiro atoms. The molecule has 150 valence electrons. The monoisotopic (exact) mass is 403 g/mol. The maximum Gasteiger partial charge on any atom is 0.223 e. The Kier molecular flexibility index (Phi) is 7.29. The van der Waals surface area contributed by atoms with E-state index >= 15 is 0 Å². The SMILES string of the molecule is CN(CCNC(=O)C1CCN(Cc2ccc(Cl)cc2F)CC1)c1ccccc1. The van der Waals surface area contributed by atoms with Crippen LogP contribution in [0.1, 0.15) is 18.4 Å². The lowest BCUT2D eigenvalue weighted by Gasteiger charge is -2.31. The number of benzene rings is 2.